The summed E-state index contributed by atoms with van der Waals surface area (Å²) in [7, 11) is 0. The Morgan fingerprint density at radius 1 is 1.12 bits per heavy atom. The number of benzene rings is 1. The third-order valence-corrected chi connectivity index (χ3v) is 4.29. The lowest BCUT2D eigenvalue weighted by atomic mass is 10.2. The van der Waals surface area contributed by atoms with Gasteiger partial charge in [-0.1, -0.05) is 24.3 Å². The molecule has 0 unspecified atom stereocenters. The van der Waals surface area contributed by atoms with Crippen LogP contribution in [0.15, 0.2) is 60.0 Å². The maximum Gasteiger partial charge on any atom is 0.573 e. The average molecular weight is 560 g/mol. The Morgan fingerprint density at radius 3 is 2.53 bits per heavy atom. The number of halogens is 4. The molecule has 0 spiro atoms. The highest BCUT2D eigenvalue weighted by molar-refractivity contribution is 14.0. The molecule has 0 amide bonds. The van der Waals surface area contributed by atoms with E-state index in [1.807, 2.05) is 36.7 Å². The molecule has 0 aliphatic carbocycles. The van der Waals surface area contributed by atoms with E-state index in [2.05, 4.69) is 30.3 Å². The second kappa shape index (κ2) is 11.7. The molecule has 11 heteroatoms. The maximum absolute atomic E-state index is 12.6. The molecule has 0 atom stereocenters. The summed E-state index contributed by atoms with van der Waals surface area (Å²) in [6.45, 7) is 4.87. The Hall–Kier alpha value is -2.83. The normalized spacial score (nSPS) is 11.6. The van der Waals surface area contributed by atoms with Crippen molar-refractivity contribution in [3.63, 3.8) is 0 Å². The van der Waals surface area contributed by atoms with E-state index in [4.69, 9.17) is 0 Å². The molecule has 0 fully saturated rings. The second-order valence-electron chi connectivity index (χ2n) is 6.57. The monoisotopic (exact) mass is 560 g/mol. The predicted molar refractivity (Wildman–Crippen MR) is 126 cm³/mol. The van der Waals surface area contributed by atoms with Crippen LogP contribution in [0.5, 0.6) is 5.75 Å². The number of guanidine groups is 1. The van der Waals surface area contributed by atoms with E-state index in [0.717, 1.165) is 17.2 Å². The lowest BCUT2D eigenvalue weighted by Crippen LogP contribution is -2.37. The molecule has 3 rings (SSSR count). The Bertz CT molecular complexity index is 1020. The summed E-state index contributed by atoms with van der Waals surface area (Å²) in [5.74, 6) is 1.83. The van der Waals surface area contributed by atoms with Gasteiger partial charge in [-0.2, -0.15) is 0 Å². The van der Waals surface area contributed by atoms with Gasteiger partial charge in [0.05, 0.1) is 6.54 Å². The molecule has 1 aromatic carbocycles. The molecule has 0 saturated heterocycles. The zero-order valence-corrected chi connectivity index (χ0v) is 19.9. The highest BCUT2D eigenvalue weighted by Gasteiger charge is 2.31. The summed E-state index contributed by atoms with van der Waals surface area (Å²) in [5, 5.41) is 6.11. The fourth-order valence-corrected chi connectivity index (χ4v) is 2.84. The van der Waals surface area contributed by atoms with Gasteiger partial charge in [0.15, 0.2) is 5.96 Å². The van der Waals surface area contributed by atoms with E-state index in [9.17, 15) is 13.2 Å². The number of para-hydroxylation sites is 1. The molecule has 32 heavy (non-hydrogen) atoms. The number of hydrogen-bond donors (Lipinski definition) is 2. The van der Waals surface area contributed by atoms with Gasteiger partial charge in [0.2, 0.25) is 0 Å². The molecular weight excluding hydrogens is 536 g/mol. The third-order valence-electron chi connectivity index (χ3n) is 4.29. The van der Waals surface area contributed by atoms with Crippen molar-refractivity contribution in [3.8, 4) is 11.6 Å². The van der Waals surface area contributed by atoms with Crippen molar-refractivity contribution in [2.75, 3.05) is 6.54 Å². The number of nitrogens with zero attached hydrogens (tertiary/aromatic N) is 4. The van der Waals surface area contributed by atoms with Crippen molar-refractivity contribution in [3.05, 3.63) is 71.9 Å². The van der Waals surface area contributed by atoms with E-state index >= 15 is 0 Å². The molecule has 0 bridgehead atoms. The lowest BCUT2D eigenvalue weighted by molar-refractivity contribution is -0.274. The van der Waals surface area contributed by atoms with Gasteiger partial charge >= 0.3 is 6.36 Å². The van der Waals surface area contributed by atoms with Gasteiger partial charge in [-0.3, -0.25) is 4.57 Å². The van der Waals surface area contributed by atoms with Crippen LogP contribution in [0.1, 0.15) is 23.9 Å². The molecule has 172 valence electrons. The molecule has 2 heterocycles. The van der Waals surface area contributed by atoms with Gasteiger partial charge in [-0.15, -0.1) is 37.1 Å². The third kappa shape index (κ3) is 7.39. The Morgan fingerprint density at radius 2 is 1.91 bits per heavy atom. The molecule has 0 radical (unpaired) electrons. The lowest BCUT2D eigenvalue weighted by Gasteiger charge is -2.15. The van der Waals surface area contributed by atoms with Crippen molar-refractivity contribution in [2.24, 2.45) is 4.99 Å². The fourth-order valence-electron chi connectivity index (χ4n) is 2.84. The van der Waals surface area contributed by atoms with Crippen LogP contribution >= 0.6 is 24.0 Å². The first-order valence-electron chi connectivity index (χ1n) is 9.67. The van der Waals surface area contributed by atoms with Crippen LogP contribution in [0, 0.1) is 6.92 Å². The topological polar surface area (TPSA) is 76.4 Å². The average Bonchev–Trinajstić information content (AvgIpc) is 3.16. The van der Waals surface area contributed by atoms with Crippen LogP contribution in [0.4, 0.5) is 13.2 Å². The van der Waals surface area contributed by atoms with E-state index in [0.29, 0.717) is 24.6 Å². The summed E-state index contributed by atoms with van der Waals surface area (Å²) in [6, 6.07) is 9.79. The van der Waals surface area contributed by atoms with Crippen molar-refractivity contribution in [2.45, 2.75) is 33.3 Å². The number of nitrogens with one attached hydrogen (secondary N) is 2. The van der Waals surface area contributed by atoms with Gasteiger partial charge in [0.1, 0.15) is 17.4 Å². The van der Waals surface area contributed by atoms with E-state index in [-0.39, 0.29) is 36.3 Å². The summed E-state index contributed by atoms with van der Waals surface area (Å²) >= 11 is 0. The van der Waals surface area contributed by atoms with Crippen LogP contribution in [-0.2, 0) is 13.1 Å². The zero-order chi connectivity index (χ0) is 22.3. The summed E-state index contributed by atoms with van der Waals surface area (Å²) in [5.41, 5.74) is 1.26. The SMILES string of the molecule is CCNC(=NCc1ccc(-n2ccnc2C)nc1)NCc1ccccc1OC(F)(F)F.I. The molecule has 2 N–H and O–H groups in total. The second-order valence-corrected chi connectivity index (χ2v) is 6.57. The van der Waals surface area contributed by atoms with Gasteiger partial charge in [-0.05, 0) is 31.5 Å². The molecule has 0 aliphatic rings. The number of imidazole rings is 1. The molecule has 7 nitrogen and oxygen atoms in total. The number of alkyl halides is 3. The first-order valence-corrected chi connectivity index (χ1v) is 9.67. The minimum absolute atomic E-state index is 0. The van der Waals surface area contributed by atoms with Crippen molar-refractivity contribution in [1.82, 2.24) is 25.2 Å². The number of hydrogen-bond acceptors (Lipinski definition) is 4. The smallest absolute Gasteiger partial charge is 0.405 e. The molecular formula is C21H24F3IN6O. The number of rotatable bonds is 7. The minimum atomic E-state index is -4.75. The van der Waals surface area contributed by atoms with E-state index in [1.54, 1.807) is 24.5 Å². The molecule has 3 aromatic rings. The number of pyridine rings is 1. The van der Waals surface area contributed by atoms with Crippen LogP contribution in [0.3, 0.4) is 0 Å². The number of aromatic nitrogens is 3. The Balaban J connectivity index is 0.00000363. The maximum atomic E-state index is 12.6. The summed E-state index contributed by atoms with van der Waals surface area (Å²) in [4.78, 5) is 13.1. The van der Waals surface area contributed by atoms with Gasteiger partial charge < -0.3 is 15.4 Å². The summed E-state index contributed by atoms with van der Waals surface area (Å²) < 4.78 is 43.8. The van der Waals surface area contributed by atoms with Crippen molar-refractivity contribution in [1.29, 1.82) is 0 Å². The number of aryl methyl sites for hydroxylation is 1. The van der Waals surface area contributed by atoms with Gasteiger partial charge in [-0.25, -0.2) is 15.0 Å². The van der Waals surface area contributed by atoms with Gasteiger partial charge in [0, 0.05) is 37.2 Å². The minimum Gasteiger partial charge on any atom is -0.405 e. The standard InChI is InChI=1S/C21H23F3N6O.HI/c1-3-25-20(29-14-17-6-4-5-7-18(17)31-21(22,23)24)28-13-16-8-9-19(27-12-16)30-11-10-26-15(30)2;/h4-12H,3,13-14H2,1-2H3,(H2,25,28,29);1H. The molecule has 2 aromatic heterocycles. The van der Waals surface area contributed by atoms with Crippen LogP contribution in [0.2, 0.25) is 0 Å². The Kier molecular flexibility index (Phi) is 9.29. The number of aliphatic imine (C=N–C) groups is 1. The van der Waals surface area contributed by atoms with E-state index < -0.39 is 6.36 Å². The van der Waals surface area contributed by atoms with Crippen LogP contribution < -0.4 is 15.4 Å². The fraction of sp³-hybridized carbons (Fsp3) is 0.286. The highest BCUT2D eigenvalue weighted by Crippen LogP contribution is 2.26. The quantitative estimate of drug-likeness (QED) is 0.256. The first kappa shape index (κ1) is 25.4. The number of ether oxygens (including phenoxy) is 1. The first-order chi connectivity index (χ1) is 14.9. The zero-order valence-electron chi connectivity index (χ0n) is 17.6. The van der Waals surface area contributed by atoms with Crippen molar-refractivity contribution < 1.29 is 17.9 Å². The largest absolute Gasteiger partial charge is 0.573 e. The molecule has 0 aliphatic heterocycles. The van der Waals surface area contributed by atoms with Crippen molar-refractivity contribution >= 4 is 29.9 Å². The van der Waals surface area contributed by atoms with Gasteiger partial charge in [0.25, 0.3) is 0 Å². The summed E-state index contributed by atoms with van der Waals surface area (Å²) in [6.07, 6.45) is 0.530. The van der Waals surface area contributed by atoms with Crippen LogP contribution in [-0.4, -0.2) is 33.4 Å². The van der Waals surface area contributed by atoms with Crippen LogP contribution in [0.25, 0.3) is 5.82 Å². The molecule has 0 saturated carbocycles. The highest BCUT2D eigenvalue weighted by atomic mass is 127. The Labute approximate surface area is 201 Å². The predicted octanol–water partition coefficient (Wildman–Crippen LogP) is 4.35. The van der Waals surface area contributed by atoms with E-state index in [1.165, 1.54) is 12.1 Å².